The van der Waals surface area contributed by atoms with Gasteiger partial charge in [0.15, 0.2) is 0 Å². The van der Waals surface area contributed by atoms with E-state index < -0.39 is 0 Å². The first-order chi connectivity index (χ1) is 7.15. The first-order valence-corrected chi connectivity index (χ1v) is 5.10. The first-order valence-electron chi connectivity index (χ1n) is 5.10. The van der Waals surface area contributed by atoms with E-state index in [0.29, 0.717) is 6.42 Å². The molecule has 4 heteroatoms. The molecule has 0 fully saturated rings. The fraction of sp³-hybridized carbons (Fsp3) is 0.455. The molecule has 1 heterocycles. The number of nitrogens with zero attached hydrogens (tertiary/aromatic N) is 1. The summed E-state index contributed by atoms with van der Waals surface area (Å²) in [5, 5.41) is 3.17. The minimum atomic E-state index is -0.312. The summed E-state index contributed by atoms with van der Waals surface area (Å²) in [6.07, 6.45) is 4.20. The standard InChI is InChI=1S/C11H17N3O/c1-3-10(11(12)15)14-8(2)9-5-4-6-13-7-9/h4-8,10,14H,3H2,1-2H3,(H2,12,15)/t8-,10?/m1/s1. The van der Waals surface area contributed by atoms with Crippen LogP contribution in [0.4, 0.5) is 0 Å². The molecule has 1 unspecified atom stereocenters. The Kier molecular flexibility index (Phi) is 4.24. The molecular weight excluding hydrogens is 190 g/mol. The van der Waals surface area contributed by atoms with Crippen molar-refractivity contribution in [1.82, 2.24) is 10.3 Å². The number of carbonyl (C=O) groups is 1. The van der Waals surface area contributed by atoms with E-state index in [0.717, 1.165) is 5.56 Å². The van der Waals surface area contributed by atoms with E-state index in [-0.39, 0.29) is 18.0 Å². The van der Waals surface area contributed by atoms with Gasteiger partial charge < -0.3 is 5.73 Å². The average Bonchev–Trinajstić information content (AvgIpc) is 2.26. The molecule has 15 heavy (non-hydrogen) atoms. The zero-order valence-electron chi connectivity index (χ0n) is 9.10. The second-order valence-electron chi connectivity index (χ2n) is 3.54. The molecule has 1 amide bonds. The van der Waals surface area contributed by atoms with Crippen molar-refractivity contribution in [1.29, 1.82) is 0 Å². The molecule has 1 aromatic heterocycles. The summed E-state index contributed by atoms with van der Waals surface area (Å²) in [5.74, 6) is -0.312. The Morgan fingerprint density at radius 1 is 1.67 bits per heavy atom. The maximum Gasteiger partial charge on any atom is 0.234 e. The third-order valence-electron chi connectivity index (χ3n) is 2.39. The average molecular weight is 207 g/mol. The zero-order chi connectivity index (χ0) is 11.3. The van der Waals surface area contributed by atoms with E-state index in [1.807, 2.05) is 26.0 Å². The van der Waals surface area contributed by atoms with Gasteiger partial charge in [0.05, 0.1) is 6.04 Å². The maximum atomic E-state index is 11.0. The highest BCUT2D eigenvalue weighted by Crippen LogP contribution is 2.11. The summed E-state index contributed by atoms with van der Waals surface area (Å²) in [4.78, 5) is 15.1. The molecule has 0 aliphatic rings. The minimum Gasteiger partial charge on any atom is -0.368 e. The Labute approximate surface area is 89.9 Å². The van der Waals surface area contributed by atoms with Crippen molar-refractivity contribution in [3.8, 4) is 0 Å². The van der Waals surface area contributed by atoms with Gasteiger partial charge in [-0.2, -0.15) is 0 Å². The highest BCUT2D eigenvalue weighted by Gasteiger charge is 2.16. The van der Waals surface area contributed by atoms with Crippen LogP contribution in [0.15, 0.2) is 24.5 Å². The molecule has 4 nitrogen and oxygen atoms in total. The van der Waals surface area contributed by atoms with E-state index in [1.54, 1.807) is 12.4 Å². The molecule has 0 saturated heterocycles. The van der Waals surface area contributed by atoms with Crippen LogP contribution < -0.4 is 11.1 Å². The van der Waals surface area contributed by atoms with E-state index in [9.17, 15) is 4.79 Å². The summed E-state index contributed by atoms with van der Waals surface area (Å²) in [5.41, 5.74) is 6.31. The summed E-state index contributed by atoms with van der Waals surface area (Å²) in [6, 6.07) is 3.65. The quantitative estimate of drug-likeness (QED) is 0.756. The van der Waals surface area contributed by atoms with Crippen LogP contribution in [0.2, 0.25) is 0 Å². The molecule has 1 rings (SSSR count). The van der Waals surface area contributed by atoms with Gasteiger partial charge in [-0.1, -0.05) is 13.0 Å². The van der Waals surface area contributed by atoms with E-state index in [1.165, 1.54) is 0 Å². The summed E-state index contributed by atoms with van der Waals surface area (Å²) < 4.78 is 0. The Balaban J connectivity index is 2.62. The van der Waals surface area contributed by atoms with Crippen molar-refractivity contribution in [2.45, 2.75) is 32.4 Å². The highest BCUT2D eigenvalue weighted by molar-refractivity contribution is 5.79. The molecule has 0 saturated carbocycles. The molecule has 2 atom stereocenters. The number of hydrogen-bond acceptors (Lipinski definition) is 3. The predicted molar refractivity (Wildman–Crippen MR) is 59.1 cm³/mol. The Hall–Kier alpha value is -1.42. The van der Waals surface area contributed by atoms with E-state index >= 15 is 0 Å². The number of carbonyl (C=O) groups excluding carboxylic acids is 1. The lowest BCUT2D eigenvalue weighted by Crippen LogP contribution is -2.41. The van der Waals surface area contributed by atoms with Gasteiger partial charge in [0, 0.05) is 18.4 Å². The van der Waals surface area contributed by atoms with Gasteiger partial charge in [-0.3, -0.25) is 15.1 Å². The molecule has 1 aromatic rings. The first kappa shape index (κ1) is 11.7. The van der Waals surface area contributed by atoms with Crippen molar-refractivity contribution < 1.29 is 4.79 Å². The van der Waals surface area contributed by atoms with Crippen molar-refractivity contribution in [3.63, 3.8) is 0 Å². The number of nitrogens with two attached hydrogens (primary N) is 1. The monoisotopic (exact) mass is 207 g/mol. The normalized spacial score (nSPS) is 14.5. The van der Waals surface area contributed by atoms with Crippen LogP contribution in [0.3, 0.4) is 0 Å². The largest absolute Gasteiger partial charge is 0.368 e. The number of amides is 1. The number of rotatable bonds is 5. The topological polar surface area (TPSA) is 68.0 Å². The smallest absolute Gasteiger partial charge is 0.234 e. The lowest BCUT2D eigenvalue weighted by atomic mass is 10.1. The number of nitrogens with one attached hydrogen (secondary N) is 1. The van der Waals surface area contributed by atoms with Crippen LogP contribution >= 0.6 is 0 Å². The van der Waals surface area contributed by atoms with Crippen LogP contribution in [0.1, 0.15) is 31.9 Å². The molecule has 0 bridgehead atoms. The van der Waals surface area contributed by atoms with Crippen LogP contribution in [0.25, 0.3) is 0 Å². The molecule has 0 radical (unpaired) electrons. The Bertz CT molecular complexity index is 313. The molecule has 0 spiro atoms. The third-order valence-corrected chi connectivity index (χ3v) is 2.39. The SMILES string of the molecule is CCC(N[C@H](C)c1cccnc1)C(N)=O. The van der Waals surface area contributed by atoms with E-state index in [2.05, 4.69) is 10.3 Å². The number of primary amides is 1. The Morgan fingerprint density at radius 3 is 2.87 bits per heavy atom. The van der Waals surface area contributed by atoms with Gasteiger partial charge in [-0.05, 0) is 25.0 Å². The second-order valence-corrected chi connectivity index (χ2v) is 3.54. The predicted octanol–water partition coefficient (Wildman–Crippen LogP) is 0.996. The summed E-state index contributed by atoms with van der Waals surface area (Å²) in [6.45, 7) is 3.92. The molecule has 0 aliphatic carbocycles. The van der Waals surface area contributed by atoms with Gasteiger partial charge in [0.25, 0.3) is 0 Å². The van der Waals surface area contributed by atoms with Gasteiger partial charge in [-0.25, -0.2) is 0 Å². The molecule has 3 N–H and O–H groups in total. The number of hydrogen-bond donors (Lipinski definition) is 2. The summed E-state index contributed by atoms with van der Waals surface area (Å²) in [7, 11) is 0. The van der Waals surface area contributed by atoms with Crippen molar-refractivity contribution in [2.75, 3.05) is 0 Å². The highest BCUT2D eigenvalue weighted by atomic mass is 16.1. The minimum absolute atomic E-state index is 0.0798. The van der Waals surface area contributed by atoms with Crippen LogP contribution in [-0.2, 0) is 4.79 Å². The fourth-order valence-electron chi connectivity index (χ4n) is 1.43. The van der Waals surface area contributed by atoms with Crippen LogP contribution in [0.5, 0.6) is 0 Å². The molecule has 82 valence electrons. The molecule has 0 aliphatic heterocycles. The van der Waals surface area contributed by atoms with Gasteiger partial charge >= 0.3 is 0 Å². The number of aromatic nitrogens is 1. The van der Waals surface area contributed by atoms with Gasteiger partial charge in [0.2, 0.25) is 5.91 Å². The van der Waals surface area contributed by atoms with Crippen molar-refractivity contribution in [2.24, 2.45) is 5.73 Å². The van der Waals surface area contributed by atoms with Crippen molar-refractivity contribution in [3.05, 3.63) is 30.1 Å². The van der Waals surface area contributed by atoms with E-state index in [4.69, 9.17) is 5.73 Å². The fourth-order valence-corrected chi connectivity index (χ4v) is 1.43. The van der Waals surface area contributed by atoms with Crippen molar-refractivity contribution >= 4 is 5.91 Å². The van der Waals surface area contributed by atoms with Crippen LogP contribution in [-0.4, -0.2) is 16.9 Å². The van der Waals surface area contributed by atoms with Gasteiger partial charge in [0.1, 0.15) is 0 Å². The summed E-state index contributed by atoms with van der Waals surface area (Å²) >= 11 is 0. The lowest BCUT2D eigenvalue weighted by molar-refractivity contribution is -0.120. The molecule has 0 aromatic carbocycles. The lowest BCUT2D eigenvalue weighted by Gasteiger charge is -2.19. The number of pyridine rings is 1. The second kappa shape index (κ2) is 5.46. The van der Waals surface area contributed by atoms with Gasteiger partial charge in [-0.15, -0.1) is 0 Å². The van der Waals surface area contributed by atoms with Crippen LogP contribution in [0, 0.1) is 0 Å². The Morgan fingerprint density at radius 2 is 2.40 bits per heavy atom. The third kappa shape index (κ3) is 3.32. The molecular formula is C11H17N3O. The zero-order valence-corrected chi connectivity index (χ0v) is 9.10. The maximum absolute atomic E-state index is 11.0.